The van der Waals surface area contributed by atoms with E-state index in [0.29, 0.717) is 0 Å². The summed E-state index contributed by atoms with van der Waals surface area (Å²) in [5.41, 5.74) is 2.83. The highest BCUT2D eigenvalue weighted by Crippen LogP contribution is 2.24. The Bertz CT molecular complexity index is 565. The number of aryl methyl sites for hydroxylation is 2. The summed E-state index contributed by atoms with van der Waals surface area (Å²) in [6.45, 7) is 3.93. The van der Waals surface area contributed by atoms with Crippen LogP contribution in [0.4, 0.5) is 10.1 Å². The van der Waals surface area contributed by atoms with Gasteiger partial charge in [0.15, 0.2) is 0 Å². The van der Waals surface area contributed by atoms with Crippen molar-refractivity contribution < 1.29 is 4.39 Å². The number of anilines is 1. The van der Waals surface area contributed by atoms with E-state index in [2.05, 4.69) is 10.4 Å². The monoisotopic (exact) mass is 267 g/mol. The molecule has 0 radical (unpaired) electrons. The van der Waals surface area contributed by atoms with E-state index in [0.717, 1.165) is 16.9 Å². The predicted octanol–water partition coefficient (Wildman–Crippen LogP) is 3.69. The fraction of sp³-hybridized carbons (Fsp3) is 0.308. The standard InChI is InChI=1S/C13H15ClFN3/c1-8(10-4-5-12(15)11(14)6-10)16-13-7-18(3)17-9(13)2/h4-8,16H,1-3H3. The van der Waals surface area contributed by atoms with Crippen molar-refractivity contribution in [2.45, 2.75) is 19.9 Å². The molecule has 0 aliphatic heterocycles. The first-order valence-corrected chi connectivity index (χ1v) is 6.07. The first kappa shape index (κ1) is 12.9. The Morgan fingerprint density at radius 1 is 1.44 bits per heavy atom. The second-order valence-corrected chi connectivity index (χ2v) is 4.75. The maximum atomic E-state index is 13.1. The molecule has 1 aromatic heterocycles. The number of aromatic nitrogens is 2. The SMILES string of the molecule is Cc1nn(C)cc1NC(C)c1ccc(F)c(Cl)c1. The number of benzene rings is 1. The van der Waals surface area contributed by atoms with Crippen LogP contribution in [0.3, 0.4) is 0 Å². The second kappa shape index (κ2) is 4.98. The highest BCUT2D eigenvalue weighted by Gasteiger charge is 2.10. The highest BCUT2D eigenvalue weighted by molar-refractivity contribution is 6.30. The first-order valence-electron chi connectivity index (χ1n) is 5.69. The third-order valence-corrected chi connectivity index (χ3v) is 3.12. The fourth-order valence-electron chi connectivity index (χ4n) is 1.84. The number of hydrogen-bond acceptors (Lipinski definition) is 2. The average Bonchev–Trinajstić information content (AvgIpc) is 2.61. The molecule has 2 aromatic rings. The molecule has 0 aliphatic carbocycles. The van der Waals surface area contributed by atoms with Gasteiger partial charge < -0.3 is 5.32 Å². The molecule has 0 fully saturated rings. The summed E-state index contributed by atoms with van der Waals surface area (Å²) in [5.74, 6) is -0.398. The number of hydrogen-bond donors (Lipinski definition) is 1. The van der Waals surface area contributed by atoms with Gasteiger partial charge in [-0.2, -0.15) is 5.10 Å². The Morgan fingerprint density at radius 2 is 2.17 bits per heavy atom. The Morgan fingerprint density at radius 3 is 2.72 bits per heavy atom. The molecule has 0 aliphatic rings. The van der Waals surface area contributed by atoms with Crippen molar-refractivity contribution in [3.05, 3.63) is 46.5 Å². The van der Waals surface area contributed by atoms with E-state index in [1.807, 2.05) is 27.1 Å². The summed E-state index contributed by atoms with van der Waals surface area (Å²) >= 11 is 5.78. The van der Waals surface area contributed by atoms with Crippen molar-refractivity contribution in [2.75, 3.05) is 5.32 Å². The number of nitrogens with zero attached hydrogens (tertiary/aromatic N) is 2. The molecule has 0 saturated carbocycles. The van der Waals surface area contributed by atoms with Crippen molar-refractivity contribution >= 4 is 17.3 Å². The van der Waals surface area contributed by atoms with Crippen LogP contribution in [0, 0.1) is 12.7 Å². The number of halogens is 2. The largest absolute Gasteiger partial charge is 0.376 e. The van der Waals surface area contributed by atoms with Crippen LogP contribution in [-0.4, -0.2) is 9.78 Å². The summed E-state index contributed by atoms with van der Waals surface area (Å²) < 4.78 is 14.8. The van der Waals surface area contributed by atoms with Crippen LogP contribution in [0.25, 0.3) is 0 Å². The van der Waals surface area contributed by atoms with Crippen LogP contribution in [0.5, 0.6) is 0 Å². The lowest BCUT2D eigenvalue weighted by molar-refractivity contribution is 0.627. The summed E-state index contributed by atoms with van der Waals surface area (Å²) in [6.07, 6.45) is 1.91. The van der Waals surface area contributed by atoms with E-state index in [1.54, 1.807) is 16.8 Å². The lowest BCUT2D eigenvalue weighted by Gasteiger charge is -2.15. The van der Waals surface area contributed by atoms with Gasteiger partial charge in [0.05, 0.1) is 16.4 Å². The van der Waals surface area contributed by atoms with Crippen LogP contribution in [-0.2, 0) is 7.05 Å². The van der Waals surface area contributed by atoms with Crippen LogP contribution in [0.15, 0.2) is 24.4 Å². The minimum Gasteiger partial charge on any atom is -0.376 e. The van der Waals surface area contributed by atoms with Crippen molar-refractivity contribution in [1.82, 2.24) is 9.78 Å². The van der Waals surface area contributed by atoms with E-state index in [9.17, 15) is 4.39 Å². The molecule has 0 bridgehead atoms. The van der Waals surface area contributed by atoms with E-state index >= 15 is 0 Å². The quantitative estimate of drug-likeness (QED) is 0.919. The first-order chi connectivity index (χ1) is 8.47. The minimum atomic E-state index is -0.398. The van der Waals surface area contributed by atoms with Gasteiger partial charge in [-0.15, -0.1) is 0 Å². The lowest BCUT2D eigenvalue weighted by atomic mass is 10.1. The molecule has 96 valence electrons. The Balaban J connectivity index is 2.19. The molecule has 0 spiro atoms. The molecule has 5 heteroatoms. The molecule has 0 amide bonds. The molecule has 0 saturated heterocycles. The summed E-state index contributed by atoms with van der Waals surface area (Å²) in [7, 11) is 1.87. The average molecular weight is 268 g/mol. The third-order valence-electron chi connectivity index (χ3n) is 2.83. The van der Waals surface area contributed by atoms with Crippen molar-refractivity contribution in [2.24, 2.45) is 7.05 Å². The zero-order chi connectivity index (χ0) is 13.3. The van der Waals surface area contributed by atoms with Gasteiger partial charge in [0.1, 0.15) is 5.82 Å². The Kier molecular flexibility index (Phi) is 3.57. The Labute approximate surface area is 111 Å². The van der Waals surface area contributed by atoms with E-state index in [4.69, 9.17) is 11.6 Å². The van der Waals surface area contributed by atoms with Crippen LogP contribution in [0.2, 0.25) is 5.02 Å². The maximum absolute atomic E-state index is 13.1. The molecular formula is C13H15ClFN3. The van der Waals surface area contributed by atoms with E-state index in [1.165, 1.54) is 6.07 Å². The molecule has 1 atom stereocenters. The molecule has 18 heavy (non-hydrogen) atoms. The summed E-state index contributed by atoms with van der Waals surface area (Å²) in [5, 5.41) is 7.73. The topological polar surface area (TPSA) is 29.9 Å². The molecule has 1 N–H and O–H groups in total. The molecule has 1 unspecified atom stereocenters. The van der Waals surface area contributed by atoms with Gasteiger partial charge in [0.2, 0.25) is 0 Å². The fourth-order valence-corrected chi connectivity index (χ4v) is 2.03. The molecule has 1 heterocycles. The van der Waals surface area contributed by atoms with Crippen molar-refractivity contribution in [1.29, 1.82) is 0 Å². The summed E-state index contributed by atoms with van der Waals surface area (Å²) in [6, 6.07) is 4.78. The van der Waals surface area contributed by atoms with E-state index < -0.39 is 5.82 Å². The van der Waals surface area contributed by atoms with Gasteiger partial charge in [0, 0.05) is 19.3 Å². The van der Waals surface area contributed by atoms with Crippen LogP contribution < -0.4 is 5.32 Å². The molecule has 1 aromatic carbocycles. The Hall–Kier alpha value is -1.55. The number of rotatable bonds is 3. The van der Waals surface area contributed by atoms with Gasteiger partial charge in [-0.1, -0.05) is 17.7 Å². The van der Waals surface area contributed by atoms with Gasteiger partial charge in [-0.3, -0.25) is 4.68 Å². The third kappa shape index (κ3) is 2.64. The predicted molar refractivity (Wildman–Crippen MR) is 71.4 cm³/mol. The number of nitrogens with one attached hydrogen (secondary N) is 1. The second-order valence-electron chi connectivity index (χ2n) is 4.34. The zero-order valence-electron chi connectivity index (χ0n) is 10.5. The molecular weight excluding hydrogens is 253 g/mol. The van der Waals surface area contributed by atoms with Crippen molar-refractivity contribution in [3.63, 3.8) is 0 Å². The smallest absolute Gasteiger partial charge is 0.141 e. The minimum absolute atomic E-state index is 0.0333. The highest BCUT2D eigenvalue weighted by atomic mass is 35.5. The molecule has 2 rings (SSSR count). The zero-order valence-corrected chi connectivity index (χ0v) is 11.3. The van der Waals surface area contributed by atoms with Gasteiger partial charge >= 0.3 is 0 Å². The van der Waals surface area contributed by atoms with Gasteiger partial charge in [-0.25, -0.2) is 4.39 Å². The van der Waals surface area contributed by atoms with E-state index in [-0.39, 0.29) is 11.1 Å². The summed E-state index contributed by atoms with van der Waals surface area (Å²) in [4.78, 5) is 0. The lowest BCUT2D eigenvalue weighted by Crippen LogP contribution is -2.07. The van der Waals surface area contributed by atoms with Crippen LogP contribution in [0.1, 0.15) is 24.2 Å². The maximum Gasteiger partial charge on any atom is 0.141 e. The van der Waals surface area contributed by atoms with Crippen molar-refractivity contribution in [3.8, 4) is 0 Å². The molecule has 3 nitrogen and oxygen atoms in total. The van der Waals surface area contributed by atoms with Gasteiger partial charge in [-0.05, 0) is 31.5 Å². The van der Waals surface area contributed by atoms with Crippen LogP contribution >= 0.6 is 11.6 Å². The van der Waals surface area contributed by atoms with Gasteiger partial charge in [0.25, 0.3) is 0 Å². The normalized spacial score (nSPS) is 12.5.